The molecule has 34 heavy (non-hydrogen) atoms. The van der Waals surface area contributed by atoms with Crippen LogP contribution in [0.25, 0.3) is 11.3 Å². The number of aromatic hydroxyl groups is 1. The first kappa shape index (κ1) is 22.3. The van der Waals surface area contributed by atoms with Crippen LogP contribution in [-0.4, -0.2) is 54.6 Å². The Morgan fingerprint density at radius 1 is 1.00 bits per heavy atom. The van der Waals surface area contributed by atoms with Crippen molar-refractivity contribution < 1.29 is 19.3 Å². The maximum absolute atomic E-state index is 9.98. The van der Waals surface area contributed by atoms with Gasteiger partial charge in [0.15, 0.2) is 11.5 Å². The predicted octanol–water partition coefficient (Wildman–Crippen LogP) is 4.76. The molecule has 0 unspecified atom stereocenters. The fourth-order valence-corrected chi connectivity index (χ4v) is 4.40. The Kier molecular flexibility index (Phi) is 6.67. The Balaban J connectivity index is 1.47. The van der Waals surface area contributed by atoms with Crippen LogP contribution in [0.2, 0.25) is 0 Å². The second-order valence-electron chi connectivity index (χ2n) is 8.60. The van der Waals surface area contributed by atoms with Gasteiger partial charge in [-0.05, 0) is 49.9 Å². The number of hydrogen-bond acceptors (Lipinski definition) is 8. The first-order valence-corrected chi connectivity index (χ1v) is 11.8. The zero-order valence-electron chi connectivity index (χ0n) is 19.4. The minimum atomic E-state index is 0.197. The normalized spacial score (nSPS) is 16.4. The van der Waals surface area contributed by atoms with E-state index in [-0.39, 0.29) is 11.9 Å². The van der Waals surface area contributed by atoms with Crippen LogP contribution in [0.3, 0.4) is 0 Å². The molecule has 0 amide bonds. The van der Waals surface area contributed by atoms with Crippen LogP contribution >= 0.6 is 0 Å². The van der Waals surface area contributed by atoms with Gasteiger partial charge in [-0.3, -0.25) is 0 Å². The maximum atomic E-state index is 9.98. The van der Waals surface area contributed by atoms with Crippen molar-refractivity contribution in [1.82, 2.24) is 9.97 Å². The van der Waals surface area contributed by atoms with Crippen LogP contribution in [0, 0.1) is 0 Å². The Morgan fingerprint density at radius 2 is 1.82 bits per heavy atom. The number of aromatic nitrogens is 2. The third-order valence-electron chi connectivity index (χ3n) is 6.18. The fourth-order valence-electron chi connectivity index (χ4n) is 4.40. The third-order valence-corrected chi connectivity index (χ3v) is 6.18. The molecule has 5 rings (SSSR count). The molecule has 0 bridgehead atoms. The molecular formula is C26H30N4O4. The van der Waals surface area contributed by atoms with Crippen molar-refractivity contribution in [3.63, 3.8) is 0 Å². The number of rotatable bonds is 7. The van der Waals surface area contributed by atoms with Crippen LogP contribution in [0.5, 0.6) is 17.2 Å². The van der Waals surface area contributed by atoms with Gasteiger partial charge in [0.05, 0.1) is 32.1 Å². The van der Waals surface area contributed by atoms with Crippen molar-refractivity contribution in [2.45, 2.75) is 31.8 Å². The Bertz CT molecular complexity index is 1130. The summed E-state index contributed by atoms with van der Waals surface area (Å²) in [5.74, 6) is 2.93. The maximum Gasteiger partial charge on any atom is 0.228 e. The molecule has 2 aliphatic rings. The SMILES string of the molecule is COc1ccc(Nc2cc(-c3cccc(O)c3)nc(N3CCOCC3)n2)cc1OC1CCCC1. The minimum Gasteiger partial charge on any atom is -0.508 e. The molecule has 0 radical (unpaired) electrons. The highest BCUT2D eigenvalue weighted by atomic mass is 16.5. The number of phenolic OH excluding ortho intramolecular Hbond substituents is 1. The number of ether oxygens (including phenoxy) is 3. The van der Waals surface area contributed by atoms with Gasteiger partial charge >= 0.3 is 0 Å². The molecular weight excluding hydrogens is 432 g/mol. The molecule has 0 atom stereocenters. The van der Waals surface area contributed by atoms with E-state index in [0.717, 1.165) is 54.4 Å². The second-order valence-corrected chi connectivity index (χ2v) is 8.60. The number of morpholine rings is 1. The monoisotopic (exact) mass is 462 g/mol. The van der Waals surface area contributed by atoms with Crippen molar-refractivity contribution in [3.8, 4) is 28.5 Å². The standard InChI is InChI=1S/C26H30N4O4/c1-32-23-10-9-19(16-24(23)34-21-7-2-3-8-21)27-25-17-22(18-5-4-6-20(31)15-18)28-26(29-25)30-11-13-33-14-12-30/h4-6,9-10,15-17,21,31H,2-3,7-8,11-14H2,1H3,(H,27,28,29). The van der Waals surface area contributed by atoms with E-state index in [1.54, 1.807) is 19.2 Å². The molecule has 1 aromatic heterocycles. The number of methoxy groups -OCH3 is 1. The van der Waals surface area contributed by atoms with Crippen LogP contribution < -0.4 is 19.7 Å². The molecule has 2 aromatic carbocycles. The molecule has 1 saturated heterocycles. The summed E-state index contributed by atoms with van der Waals surface area (Å²) >= 11 is 0. The summed E-state index contributed by atoms with van der Waals surface area (Å²) in [6.45, 7) is 2.74. The van der Waals surface area contributed by atoms with Crippen molar-refractivity contribution in [2.24, 2.45) is 0 Å². The fraction of sp³-hybridized carbons (Fsp3) is 0.385. The zero-order chi connectivity index (χ0) is 23.3. The van der Waals surface area contributed by atoms with E-state index in [4.69, 9.17) is 24.2 Å². The van der Waals surface area contributed by atoms with Gasteiger partial charge in [-0.2, -0.15) is 4.98 Å². The summed E-state index contributed by atoms with van der Waals surface area (Å²) < 4.78 is 17.3. The smallest absolute Gasteiger partial charge is 0.228 e. The van der Waals surface area contributed by atoms with E-state index in [9.17, 15) is 5.11 Å². The first-order chi connectivity index (χ1) is 16.7. The topological polar surface area (TPSA) is 89.0 Å². The highest BCUT2D eigenvalue weighted by Gasteiger charge is 2.20. The summed E-state index contributed by atoms with van der Waals surface area (Å²) in [6.07, 6.45) is 4.78. The molecule has 2 heterocycles. The Labute approximate surface area is 199 Å². The summed E-state index contributed by atoms with van der Waals surface area (Å²) in [6, 6.07) is 14.8. The second kappa shape index (κ2) is 10.2. The number of nitrogens with zero attached hydrogens (tertiary/aromatic N) is 3. The highest BCUT2D eigenvalue weighted by Crippen LogP contribution is 2.35. The van der Waals surface area contributed by atoms with Crippen LogP contribution in [0.1, 0.15) is 25.7 Å². The lowest BCUT2D eigenvalue weighted by molar-refractivity contribution is 0.122. The zero-order valence-corrected chi connectivity index (χ0v) is 19.4. The largest absolute Gasteiger partial charge is 0.508 e. The van der Waals surface area contributed by atoms with Gasteiger partial charge in [0.2, 0.25) is 5.95 Å². The van der Waals surface area contributed by atoms with Crippen molar-refractivity contribution in [2.75, 3.05) is 43.6 Å². The third kappa shape index (κ3) is 5.17. The quantitative estimate of drug-likeness (QED) is 0.520. The molecule has 2 N–H and O–H groups in total. The highest BCUT2D eigenvalue weighted by molar-refractivity contribution is 5.69. The van der Waals surface area contributed by atoms with Gasteiger partial charge in [-0.25, -0.2) is 4.98 Å². The minimum absolute atomic E-state index is 0.197. The van der Waals surface area contributed by atoms with Crippen LogP contribution in [-0.2, 0) is 4.74 Å². The summed E-state index contributed by atoms with van der Waals surface area (Å²) in [5.41, 5.74) is 2.40. The van der Waals surface area contributed by atoms with E-state index < -0.39 is 0 Å². The van der Waals surface area contributed by atoms with E-state index >= 15 is 0 Å². The molecule has 1 saturated carbocycles. The van der Waals surface area contributed by atoms with Gasteiger partial charge in [-0.1, -0.05) is 12.1 Å². The van der Waals surface area contributed by atoms with Gasteiger partial charge in [0.1, 0.15) is 11.6 Å². The van der Waals surface area contributed by atoms with E-state index in [1.165, 1.54) is 12.8 Å². The molecule has 3 aromatic rings. The molecule has 0 spiro atoms. The molecule has 178 valence electrons. The number of phenols is 1. The Hall–Kier alpha value is -3.52. The van der Waals surface area contributed by atoms with Crippen molar-refractivity contribution in [1.29, 1.82) is 0 Å². The molecule has 1 aliphatic heterocycles. The van der Waals surface area contributed by atoms with E-state index in [2.05, 4.69) is 10.2 Å². The average molecular weight is 463 g/mol. The van der Waals surface area contributed by atoms with Gasteiger partial charge < -0.3 is 29.5 Å². The van der Waals surface area contributed by atoms with Gasteiger partial charge in [0.25, 0.3) is 0 Å². The van der Waals surface area contributed by atoms with Crippen LogP contribution in [0.15, 0.2) is 48.5 Å². The number of nitrogens with one attached hydrogen (secondary N) is 1. The predicted molar refractivity (Wildman–Crippen MR) is 131 cm³/mol. The van der Waals surface area contributed by atoms with Crippen molar-refractivity contribution in [3.05, 3.63) is 48.5 Å². The van der Waals surface area contributed by atoms with Crippen LogP contribution in [0.4, 0.5) is 17.5 Å². The number of hydrogen-bond donors (Lipinski definition) is 2. The number of anilines is 3. The van der Waals surface area contributed by atoms with Gasteiger partial charge in [-0.15, -0.1) is 0 Å². The molecule has 8 nitrogen and oxygen atoms in total. The number of benzene rings is 2. The van der Waals surface area contributed by atoms with Crippen molar-refractivity contribution >= 4 is 17.5 Å². The lowest BCUT2D eigenvalue weighted by Gasteiger charge is -2.27. The molecule has 8 heteroatoms. The first-order valence-electron chi connectivity index (χ1n) is 11.8. The van der Waals surface area contributed by atoms with E-state index in [1.807, 2.05) is 36.4 Å². The summed E-state index contributed by atoms with van der Waals surface area (Å²) in [5, 5.41) is 13.4. The van der Waals surface area contributed by atoms with E-state index in [0.29, 0.717) is 25.0 Å². The lowest BCUT2D eigenvalue weighted by Crippen LogP contribution is -2.37. The summed E-state index contributed by atoms with van der Waals surface area (Å²) in [7, 11) is 1.66. The summed E-state index contributed by atoms with van der Waals surface area (Å²) in [4.78, 5) is 11.7. The molecule has 1 aliphatic carbocycles. The average Bonchev–Trinajstić information content (AvgIpc) is 3.38. The lowest BCUT2D eigenvalue weighted by atomic mass is 10.1. The van der Waals surface area contributed by atoms with Gasteiger partial charge in [0, 0.05) is 36.5 Å². The molecule has 2 fully saturated rings. The Morgan fingerprint density at radius 3 is 2.59 bits per heavy atom.